The number of nitriles is 1. The van der Waals surface area contributed by atoms with Gasteiger partial charge < -0.3 is 5.32 Å². The number of rotatable bonds is 5. The van der Waals surface area contributed by atoms with E-state index in [1.54, 1.807) is 43.3 Å². The molecule has 2 aromatic carbocycles. The zero-order chi connectivity index (χ0) is 20.4. The highest BCUT2D eigenvalue weighted by Crippen LogP contribution is 2.38. The van der Waals surface area contributed by atoms with Gasteiger partial charge in [-0.2, -0.15) is 5.26 Å². The van der Waals surface area contributed by atoms with Crippen LogP contribution in [-0.4, -0.2) is 14.3 Å². The largest absolute Gasteiger partial charge is 0.325 e. The van der Waals surface area contributed by atoms with Crippen LogP contribution in [0.4, 0.5) is 11.4 Å². The zero-order valence-electron chi connectivity index (χ0n) is 15.3. The van der Waals surface area contributed by atoms with Crippen LogP contribution in [0.15, 0.2) is 47.4 Å². The van der Waals surface area contributed by atoms with E-state index < -0.39 is 15.4 Å². The molecule has 6 nitrogen and oxygen atoms in total. The van der Waals surface area contributed by atoms with Crippen LogP contribution >= 0.6 is 11.6 Å². The molecule has 146 valence electrons. The standard InChI is InChI=1S/C20H20ClN3O3S/c1-14-4-7-17(23-19(25)20(13-22)10-2-3-11-20)12-18(14)28(26,27)24-16-8-5-15(21)6-9-16/h4-9,12,24H,2-3,10-11H2,1H3,(H,23,25). The molecule has 28 heavy (non-hydrogen) atoms. The normalized spacial score (nSPS) is 15.6. The number of carbonyl (C=O) groups excluding carboxylic acids is 1. The van der Waals surface area contributed by atoms with Crippen molar-refractivity contribution in [2.24, 2.45) is 5.41 Å². The van der Waals surface area contributed by atoms with Gasteiger partial charge >= 0.3 is 0 Å². The van der Waals surface area contributed by atoms with Crippen LogP contribution < -0.4 is 10.0 Å². The molecule has 2 N–H and O–H groups in total. The fourth-order valence-electron chi connectivity index (χ4n) is 3.31. The van der Waals surface area contributed by atoms with Gasteiger partial charge in [0, 0.05) is 16.4 Å². The first-order valence-electron chi connectivity index (χ1n) is 8.87. The number of nitrogens with one attached hydrogen (secondary N) is 2. The lowest BCUT2D eigenvalue weighted by Crippen LogP contribution is -2.32. The summed E-state index contributed by atoms with van der Waals surface area (Å²) in [7, 11) is -3.86. The van der Waals surface area contributed by atoms with E-state index in [2.05, 4.69) is 16.1 Å². The number of nitrogens with zero attached hydrogens (tertiary/aromatic N) is 1. The van der Waals surface area contributed by atoms with Crippen LogP contribution in [0, 0.1) is 23.7 Å². The summed E-state index contributed by atoms with van der Waals surface area (Å²) in [4.78, 5) is 12.7. The Labute approximate surface area is 169 Å². The zero-order valence-corrected chi connectivity index (χ0v) is 16.9. The van der Waals surface area contributed by atoms with E-state index in [-0.39, 0.29) is 10.8 Å². The Morgan fingerprint density at radius 3 is 2.32 bits per heavy atom. The summed E-state index contributed by atoms with van der Waals surface area (Å²) in [5.74, 6) is -0.384. The molecule has 0 aromatic heterocycles. The molecule has 1 saturated carbocycles. The Kier molecular flexibility index (Phi) is 5.64. The third-order valence-electron chi connectivity index (χ3n) is 4.94. The minimum absolute atomic E-state index is 0.0534. The highest BCUT2D eigenvalue weighted by molar-refractivity contribution is 7.92. The topological polar surface area (TPSA) is 99.1 Å². The van der Waals surface area contributed by atoms with Gasteiger partial charge in [0.25, 0.3) is 10.0 Å². The monoisotopic (exact) mass is 417 g/mol. The summed E-state index contributed by atoms with van der Waals surface area (Å²) in [6, 6.07) is 13.1. The number of aryl methyl sites for hydroxylation is 1. The molecule has 2 aromatic rings. The molecule has 0 heterocycles. The van der Waals surface area contributed by atoms with E-state index in [0.717, 1.165) is 12.8 Å². The van der Waals surface area contributed by atoms with Gasteiger partial charge in [-0.1, -0.05) is 30.5 Å². The average molecular weight is 418 g/mol. The number of benzene rings is 2. The number of hydrogen-bond donors (Lipinski definition) is 2. The van der Waals surface area contributed by atoms with Gasteiger partial charge in [0.15, 0.2) is 0 Å². The summed E-state index contributed by atoms with van der Waals surface area (Å²) in [6.45, 7) is 1.68. The van der Waals surface area contributed by atoms with E-state index in [1.807, 2.05) is 0 Å². The Morgan fingerprint density at radius 1 is 1.11 bits per heavy atom. The molecule has 0 radical (unpaired) electrons. The molecule has 1 amide bonds. The first-order chi connectivity index (χ1) is 13.3. The van der Waals surface area contributed by atoms with Crippen LogP contribution in [0.5, 0.6) is 0 Å². The molecular formula is C20H20ClN3O3S. The van der Waals surface area contributed by atoms with E-state index >= 15 is 0 Å². The molecule has 8 heteroatoms. The lowest BCUT2D eigenvalue weighted by molar-refractivity contribution is -0.122. The summed E-state index contributed by atoms with van der Waals surface area (Å²) in [5.41, 5.74) is 0.224. The van der Waals surface area contributed by atoms with E-state index in [9.17, 15) is 18.5 Å². The SMILES string of the molecule is Cc1ccc(NC(=O)C2(C#N)CCCC2)cc1S(=O)(=O)Nc1ccc(Cl)cc1. The van der Waals surface area contributed by atoms with Crippen LogP contribution in [0.25, 0.3) is 0 Å². The average Bonchev–Trinajstić information content (AvgIpc) is 3.15. The summed E-state index contributed by atoms with van der Waals surface area (Å²) in [5, 5.41) is 12.7. The molecule has 3 rings (SSSR count). The maximum absolute atomic E-state index is 12.8. The van der Waals surface area contributed by atoms with Crippen molar-refractivity contribution in [1.82, 2.24) is 0 Å². The van der Waals surface area contributed by atoms with Gasteiger partial charge in [0.2, 0.25) is 5.91 Å². The highest BCUT2D eigenvalue weighted by Gasteiger charge is 2.41. The molecule has 0 atom stereocenters. The van der Waals surface area contributed by atoms with Crippen molar-refractivity contribution in [1.29, 1.82) is 5.26 Å². The van der Waals surface area contributed by atoms with Crippen LogP contribution in [-0.2, 0) is 14.8 Å². The molecule has 0 spiro atoms. The summed E-state index contributed by atoms with van der Waals surface area (Å²) < 4.78 is 28.1. The first kappa shape index (κ1) is 20.2. The predicted molar refractivity (Wildman–Crippen MR) is 109 cm³/mol. The number of hydrogen-bond acceptors (Lipinski definition) is 4. The number of carbonyl (C=O) groups is 1. The van der Waals surface area contributed by atoms with Crippen molar-refractivity contribution < 1.29 is 13.2 Å². The summed E-state index contributed by atoms with van der Waals surface area (Å²) in [6.07, 6.45) is 2.70. The van der Waals surface area contributed by atoms with Gasteiger partial charge in [-0.15, -0.1) is 0 Å². The maximum Gasteiger partial charge on any atom is 0.262 e. The highest BCUT2D eigenvalue weighted by atomic mass is 35.5. The number of anilines is 2. The van der Waals surface area contributed by atoms with E-state index in [1.165, 1.54) is 6.07 Å². The number of sulfonamides is 1. The fraction of sp³-hybridized carbons (Fsp3) is 0.300. The van der Waals surface area contributed by atoms with Gasteiger partial charge in [-0.25, -0.2) is 8.42 Å². The molecule has 0 aliphatic heterocycles. The van der Waals surface area contributed by atoms with Gasteiger partial charge in [0.05, 0.1) is 11.0 Å². The second-order valence-electron chi connectivity index (χ2n) is 6.95. The second-order valence-corrected chi connectivity index (χ2v) is 9.04. The molecule has 0 saturated heterocycles. The van der Waals surface area contributed by atoms with Crippen molar-refractivity contribution in [2.45, 2.75) is 37.5 Å². The first-order valence-corrected chi connectivity index (χ1v) is 10.7. The van der Waals surface area contributed by atoms with E-state index in [4.69, 9.17) is 11.6 Å². The van der Waals surface area contributed by atoms with Crippen molar-refractivity contribution in [3.8, 4) is 6.07 Å². The van der Waals surface area contributed by atoms with Crippen molar-refractivity contribution in [3.63, 3.8) is 0 Å². The lowest BCUT2D eigenvalue weighted by atomic mass is 9.87. The Bertz CT molecular complexity index is 1040. The molecule has 0 unspecified atom stereocenters. The minimum Gasteiger partial charge on any atom is -0.325 e. The molecular weight excluding hydrogens is 398 g/mol. The third kappa shape index (κ3) is 4.13. The molecule has 1 aliphatic carbocycles. The predicted octanol–water partition coefficient (Wildman–Crippen LogP) is 4.47. The van der Waals surface area contributed by atoms with E-state index in [0.29, 0.717) is 34.8 Å². The number of amides is 1. The van der Waals surface area contributed by atoms with Gasteiger partial charge in [-0.3, -0.25) is 9.52 Å². The van der Waals surface area contributed by atoms with Crippen LogP contribution in [0.3, 0.4) is 0 Å². The third-order valence-corrected chi connectivity index (χ3v) is 6.71. The smallest absolute Gasteiger partial charge is 0.262 e. The maximum atomic E-state index is 12.8. The van der Waals surface area contributed by atoms with Crippen molar-refractivity contribution in [2.75, 3.05) is 10.0 Å². The van der Waals surface area contributed by atoms with Gasteiger partial charge in [-0.05, 0) is 61.7 Å². The minimum atomic E-state index is -3.86. The number of halogens is 1. The Morgan fingerprint density at radius 2 is 1.71 bits per heavy atom. The van der Waals surface area contributed by atoms with Crippen LogP contribution in [0.1, 0.15) is 31.2 Å². The molecule has 1 fully saturated rings. The van der Waals surface area contributed by atoms with Gasteiger partial charge in [0.1, 0.15) is 5.41 Å². The Balaban J connectivity index is 1.85. The lowest BCUT2D eigenvalue weighted by Gasteiger charge is -2.20. The molecule has 1 aliphatic rings. The van der Waals surface area contributed by atoms with Crippen LogP contribution in [0.2, 0.25) is 5.02 Å². The summed E-state index contributed by atoms with van der Waals surface area (Å²) >= 11 is 5.83. The fourth-order valence-corrected chi connectivity index (χ4v) is 4.77. The molecule has 0 bridgehead atoms. The van der Waals surface area contributed by atoms with Crippen molar-refractivity contribution >= 4 is 38.9 Å². The quantitative estimate of drug-likeness (QED) is 0.749. The second kappa shape index (κ2) is 7.82. The Hall–Kier alpha value is -2.56. The van der Waals surface area contributed by atoms with Crippen molar-refractivity contribution in [3.05, 3.63) is 53.1 Å².